The second kappa shape index (κ2) is 9.01. The molecule has 0 radical (unpaired) electrons. The van der Waals surface area contributed by atoms with Gasteiger partial charge in [0.25, 0.3) is 0 Å². The average Bonchev–Trinajstić information content (AvgIpc) is 2.62. The van der Waals surface area contributed by atoms with Gasteiger partial charge < -0.3 is 25.4 Å². The van der Waals surface area contributed by atoms with Crippen LogP contribution in [0.15, 0.2) is 24.3 Å². The van der Waals surface area contributed by atoms with Crippen LogP contribution in [0.25, 0.3) is 0 Å². The van der Waals surface area contributed by atoms with Crippen molar-refractivity contribution >= 4 is 5.91 Å². The van der Waals surface area contributed by atoms with E-state index in [2.05, 4.69) is 10.2 Å². The van der Waals surface area contributed by atoms with E-state index in [1.54, 1.807) is 7.11 Å². The summed E-state index contributed by atoms with van der Waals surface area (Å²) in [5.74, 6) is 0.922. The molecule has 0 aromatic heterocycles. The molecule has 0 aliphatic carbocycles. The summed E-state index contributed by atoms with van der Waals surface area (Å²) in [5, 5.41) is 3.01. The van der Waals surface area contributed by atoms with E-state index in [4.69, 9.17) is 15.2 Å². The van der Waals surface area contributed by atoms with E-state index < -0.39 is 6.04 Å². The van der Waals surface area contributed by atoms with E-state index in [-0.39, 0.29) is 17.9 Å². The minimum Gasteiger partial charge on any atom is -0.496 e. The first-order valence-electron chi connectivity index (χ1n) is 8.45. The van der Waals surface area contributed by atoms with Gasteiger partial charge in [-0.3, -0.25) is 4.79 Å². The van der Waals surface area contributed by atoms with E-state index in [9.17, 15) is 4.79 Å². The second-order valence-electron chi connectivity index (χ2n) is 6.44. The molecule has 2 atom stereocenters. The van der Waals surface area contributed by atoms with E-state index in [0.717, 1.165) is 24.2 Å². The van der Waals surface area contributed by atoms with Crippen LogP contribution in [0.5, 0.6) is 5.75 Å². The fourth-order valence-electron chi connectivity index (χ4n) is 3.12. The number of benzene rings is 1. The van der Waals surface area contributed by atoms with Gasteiger partial charge in [0.2, 0.25) is 5.91 Å². The van der Waals surface area contributed by atoms with Gasteiger partial charge in [0.1, 0.15) is 5.75 Å². The highest BCUT2D eigenvalue weighted by Crippen LogP contribution is 2.27. The number of hydrogen-bond acceptors (Lipinski definition) is 5. The molecule has 1 heterocycles. The number of carbonyl (C=O) groups is 1. The fraction of sp³-hybridized carbons (Fsp3) is 0.611. The zero-order valence-corrected chi connectivity index (χ0v) is 14.8. The number of amides is 1. The molecule has 0 spiro atoms. The van der Waals surface area contributed by atoms with Crippen molar-refractivity contribution in [2.75, 3.05) is 41.0 Å². The highest BCUT2D eigenvalue weighted by Gasteiger charge is 2.27. The van der Waals surface area contributed by atoms with Crippen LogP contribution < -0.4 is 15.8 Å². The third-order valence-corrected chi connectivity index (χ3v) is 4.67. The monoisotopic (exact) mass is 335 g/mol. The Morgan fingerprint density at radius 1 is 1.38 bits per heavy atom. The lowest BCUT2D eigenvalue weighted by Crippen LogP contribution is -2.48. The van der Waals surface area contributed by atoms with Crippen molar-refractivity contribution in [3.05, 3.63) is 29.8 Å². The van der Waals surface area contributed by atoms with Gasteiger partial charge in [0, 0.05) is 25.3 Å². The van der Waals surface area contributed by atoms with Crippen molar-refractivity contribution in [3.8, 4) is 5.75 Å². The van der Waals surface area contributed by atoms with Crippen molar-refractivity contribution in [2.45, 2.75) is 24.9 Å². The maximum absolute atomic E-state index is 12.4. The van der Waals surface area contributed by atoms with Gasteiger partial charge in [-0.05, 0) is 38.9 Å². The number of ether oxygens (including phenoxy) is 2. The molecule has 2 unspecified atom stereocenters. The number of hydrogen-bond donors (Lipinski definition) is 2. The summed E-state index contributed by atoms with van der Waals surface area (Å²) in [7, 11) is 5.63. The molecule has 6 heteroatoms. The summed E-state index contributed by atoms with van der Waals surface area (Å²) in [5.41, 5.74) is 7.19. The molecule has 1 fully saturated rings. The number of carbonyl (C=O) groups excluding carboxylic acids is 1. The molecular weight excluding hydrogens is 306 g/mol. The van der Waals surface area contributed by atoms with Gasteiger partial charge in [-0.25, -0.2) is 0 Å². The summed E-state index contributed by atoms with van der Waals surface area (Å²) in [4.78, 5) is 14.5. The summed E-state index contributed by atoms with van der Waals surface area (Å²) in [6.07, 6.45) is 1.69. The Hall–Kier alpha value is -1.63. The Morgan fingerprint density at radius 2 is 2.04 bits per heavy atom. The van der Waals surface area contributed by atoms with Crippen LogP contribution >= 0.6 is 0 Å². The standard InChI is InChI=1S/C18H29N3O3/c1-21(2)15(14-6-4-5-7-16(14)23-3)12-20-18(22)17(19)13-8-10-24-11-9-13/h4-7,13,15,17H,8-12,19H2,1-3H3,(H,20,22). The number of nitrogens with zero attached hydrogens (tertiary/aromatic N) is 1. The molecular formula is C18H29N3O3. The zero-order valence-electron chi connectivity index (χ0n) is 14.8. The van der Waals surface area contributed by atoms with Gasteiger partial charge in [-0.15, -0.1) is 0 Å². The van der Waals surface area contributed by atoms with Crippen LogP contribution in [-0.4, -0.2) is 57.8 Å². The van der Waals surface area contributed by atoms with Gasteiger partial charge in [0.05, 0.1) is 19.2 Å². The molecule has 2 rings (SSSR count). The first-order chi connectivity index (χ1) is 11.5. The molecule has 1 saturated heterocycles. The number of rotatable bonds is 7. The molecule has 1 amide bonds. The lowest BCUT2D eigenvalue weighted by molar-refractivity contribution is -0.124. The van der Waals surface area contributed by atoms with Crippen LogP contribution in [0.4, 0.5) is 0 Å². The molecule has 134 valence electrons. The first kappa shape index (κ1) is 18.7. The molecule has 1 aromatic carbocycles. The van der Waals surface area contributed by atoms with Crippen molar-refractivity contribution in [1.82, 2.24) is 10.2 Å². The Morgan fingerprint density at radius 3 is 2.67 bits per heavy atom. The second-order valence-corrected chi connectivity index (χ2v) is 6.44. The van der Waals surface area contributed by atoms with Gasteiger partial charge in [-0.1, -0.05) is 18.2 Å². The van der Waals surface area contributed by atoms with Crippen molar-refractivity contribution < 1.29 is 14.3 Å². The highest BCUT2D eigenvalue weighted by atomic mass is 16.5. The molecule has 6 nitrogen and oxygen atoms in total. The molecule has 0 bridgehead atoms. The minimum absolute atomic E-state index is 0.0204. The number of nitrogens with one attached hydrogen (secondary N) is 1. The van der Waals surface area contributed by atoms with Crippen molar-refractivity contribution in [3.63, 3.8) is 0 Å². The van der Waals surface area contributed by atoms with Crippen LogP contribution in [0.3, 0.4) is 0 Å². The Kier molecular flexibility index (Phi) is 7.02. The Labute approximate surface area is 144 Å². The number of para-hydroxylation sites is 1. The first-order valence-corrected chi connectivity index (χ1v) is 8.45. The molecule has 0 saturated carbocycles. The predicted octanol–water partition coefficient (Wildman–Crippen LogP) is 1.17. The normalized spacial score (nSPS) is 18.2. The fourth-order valence-corrected chi connectivity index (χ4v) is 3.12. The third-order valence-electron chi connectivity index (χ3n) is 4.67. The number of methoxy groups -OCH3 is 1. The Balaban J connectivity index is 1.99. The van der Waals surface area contributed by atoms with Crippen LogP contribution in [0.1, 0.15) is 24.4 Å². The summed E-state index contributed by atoms with van der Waals surface area (Å²) in [6, 6.07) is 7.41. The van der Waals surface area contributed by atoms with Crippen LogP contribution in [0, 0.1) is 5.92 Å². The van der Waals surface area contributed by atoms with Crippen molar-refractivity contribution in [1.29, 1.82) is 0 Å². The zero-order chi connectivity index (χ0) is 17.5. The summed E-state index contributed by atoms with van der Waals surface area (Å²) in [6.45, 7) is 1.86. The topological polar surface area (TPSA) is 76.8 Å². The van der Waals surface area contributed by atoms with E-state index >= 15 is 0 Å². The molecule has 1 aliphatic rings. The van der Waals surface area contributed by atoms with E-state index in [1.807, 2.05) is 38.4 Å². The quantitative estimate of drug-likeness (QED) is 0.782. The maximum Gasteiger partial charge on any atom is 0.237 e. The third kappa shape index (κ3) is 4.69. The minimum atomic E-state index is -0.477. The highest BCUT2D eigenvalue weighted by molar-refractivity contribution is 5.81. The van der Waals surface area contributed by atoms with Crippen LogP contribution in [0.2, 0.25) is 0 Å². The molecule has 24 heavy (non-hydrogen) atoms. The Bertz CT molecular complexity index is 530. The number of likely N-dealkylation sites (N-methyl/N-ethyl adjacent to an activating group) is 1. The molecule has 1 aromatic rings. The maximum atomic E-state index is 12.4. The van der Waals surface area contributed by atoms with Crippen molar-refractivity contribution in [2.24, 2.45) is 11.7 Å². The summed E-state index contributed by atoms with van der Waals surface area (Å²) >= 11 is 0. The average molecular weight is 335 g/mol. The SMILES string of the molecule is COc1ccccc1C(CNC(=O)C(N)C1CCOCC1)N(C)C. The van der Waals surface area contributed by atoms with Gasteiger partial charge >= 0.3 is 0 Å². The predicted molar refractivity (Wildman–Crippen MR) is 94.0 cm³/mol. The summed E-state index contributed by atoms with van der Waals surface area (Å²) < 4.78 is 10.8. The van der Waals surface area contributed by atoms with Gasteiger partial charge in [-0.2, -0.15) is 0 Å². The van der Waals surface area contributed by atoms with E-state index in [0.29, 0.717) is 19.8 Å². The lowest BCUT2D eigenvalue weighted by atomic mass is 9.92. The van der Waals surface area contributed by atoms with Crippen LogP contribution in [-0.2, 0) is 9.53 Å². The largest absolute Gasteiger partial charge is 0.496 e. The van der Waals surface area contributed by atoms with Gasteiger partial charge in [0.15, 0.2) is 0 Å². The number of nitrogens with two attached hydrogens (primary N) is 1. The molecule has 3 N–H and O–H groups in total. The van der Waals surface area contributed by atoms with E-state index in [1.165, 1.54) is 0 Å². The molecule has 1 aliphatic heterocycles. The smallest absolute Gasteiger partial charge is 0.237 e. The lowest BCUT2D eigenvalue weighted by Gasteiger charge is -2.29.